The lowest BCUT2D eigenvalue weighted by Gasteiger charge is -2.20. The molecule has 0 rings (SSSR count). The summed E-state index contributed by atoms with van der Waals surface area (Å²) >= 11 is 0. The average Bonchev–Trinajstić information content (AvgIpc) is 3.42. The summed E-state index contributed by atoms with van der Waals surface area (Å²) in [5.41, 5.74) is 0. The molecule has 0 bridgehead atoms. The van der Waals surface area contributed by atoms with Gasteiger partial charge >= 0.3 is 5.97 Å². The Kier molecular flexibility index (Phi) is 63.9. The van der Waals surface area contributed by atoms with Gasteiger partial charge in [0.2, 0.25) is 5.91 Å². The van der Waals surface area contributed by atoms with Crippen molar-refractivity contribution in [3.05, 3.63) is 36.5 Å². The molecule has 6 nitrogen and oxygen atoms in total. The molecule has 0 radical (unpaired) electrons. The molecule has 0 aromatic rings. The molecule has 2 unspecified atom stereocenters. The Morgan fingerprint density at radius 1 is 0.355 bits per heavy atom. The molecule has 0 saturated carbocycles. The number of carbonyl (C=O) groups excluding carboxylic acids is 2. The van der Waals surface area contributed by atoms with Crippen molar-refractivity contribution < 1.29 is 24.5 Å². The van der Waals surface area contributed by atoms with Gasteiger partial charge in [-0.2, -0.15) is 0 Å². The number of unbranched alkanes of at least 4 members (excludes halogenated alkanes) is 49. The molecule has 0 fully saturated rings. The van der Waals surface area contributed by atoms with Crippen LogP contribution in [0.1, 0.15) is 373 Å². The summed E-state index contributed by atoms with van der Waals surface area (Å²) in [6, 6.07) is -0.635. The maximum absolute atomic E-state index is 12.5. The molecule has 0 aliphatic carbocycles. The van der Waals surface area contributed by atoms with E-state index in [1.807, 2.05) is 6.08 Å². The second kappa shape index (κ2) is 65.6. The fraction of sp³-hybridized carbons (Fsp3) is 0.886. The summed E-state index contributed by atoms with van der Waals surface area (Å²) in [7, 11) is 0. The van der Waals surface area contributed by atoms with Crippen LogP contribution in [0.15, 0.2) is 36.5 Å². The van der Waals surface area contributed by atoms with Gasteiger partial charge in [-0.25, -0.2) is 0 Å². The number of carbonyl (C=O) groups is 2. The van der Waals surface area contributed by atoms with Gasteiger partial charge in [-0.15, -0.1) is 0 Å². The van der Waals surface area contributed by atoms with Gasteiger partial charge in [0.1, 0.15) is 0 Å². The third-order valence-electron chi connectivity index (χ3n) is 15.9. The van der Waals surface area contributed by atoms with Crippen molar-refractivity contribution in [2.24, 2.45) is 0 Å². The molecule has 0 aromatic carbocycles. The van der Waals surface area contributed by atoms with E-state index in [0.29, 0.717) is 19.4 Å². The third-order valence-corrected chi connectivity index (χ3v) is 15.9. The van der Waals surface area contributed by atoms with Gasteiger partial charge in [-0.05, 0) is 83.5 Å². The summed E-state index contributed by atoms with van der Waals surface area (Å²) in [4.78, 5) is 24.6. The van der Waals surface area contributed by atoms with Crippen molar-refractivity contribution in [3.63, 3.8) is 0 Å². The number of ether oxygens (including phenoxy) is 1. The van der Waals surface area contributed by atoms with E-state index >= 15 is 0 Å². The van der Waals surface area contributed by atoms with E-state index in [9.17, 15) is 19.8 Å². The van der Waals surface area contributed by atoms with Gasteiger partial charge in [0.05, 0.1) is 25.4 Å². The first-order chi connectivity index (χ1) is 37.5. The first-order valence-corrected chi connectivity index (χ1v) is 34.3. The lowest BCUT2D eigenvalue weighted by molar-refractivity contribution is -0.143. The van der Waals surface area contributed by atoms with E-state index in [1.54, 1.807) is 6.08 Å². The van der Waals surface area contributed by atoms with Crippen LogP contribution in [0.2, 0.25) is 0 Å². The Labute approximate surface area is 474 Å². The van der Waals surface area contributed by atoms with Crippen molar-refractivity contribution >= 4 is 11.9 Å². The number of esters is 1. The quantitative estimate of drug-likeness (QED) is 0.0320. The highest BCUT2D eigenvalue weighted by Crippen LogP contribution is 2.18. The summed E-state index contributed by atoms with van der Waals surface area (Å²) in [5.74, 6) is -0.0699. The van der Waals surface area contributed by atoms with Crippen molar-refractivity contribution in [2.75, 3.05) is 13.2 Å². The topological polar surface area (TPSA) is 95.9 Å². The van der Waals surface area contributed by atoms with Crippen LogP contribution in [0.25, 0.3) is 0 Å². The molecule has 1 amide bonds. The summed E-state index contributed by atoms with van der Waals surface area (Å²) in [5, 5.41) is 23.2. The van der Waals surface area contributed by atoms with Crippen molar-refractivity contribution in [3.8, 4) is 0 Å². The number of aliphatic hydroxyl groups is 2. The zero-order valence-corrected chi connectivity index (χ0v) is 51.3. The third kappa shape index (κ3) is 61.3. The van der Waals surface area contributed by atoms with E-state index in [-0.39, 0.29) is 18.5 Å². The van der Waals surface area contributed by atoms with Crippen LogP contribution in [-0.2, 0) is 14.3 Å². The Hall–Kier alpha value is -1.92. The second-order valence-corrected chi connectivity index (χ2v) is 23.5. The SMILES string of the molecule is CCCCCCCC/C=C\CCCCCCCC(=O)OCCCCCCCCCCCCC/C=C\CCCCCCCCCC(=O)NC(CO)C(O)/C=C/CCCCCCCCCCCCCCCCCCCCCC. The van der Waals surface area contributed by atoms with Crippen molar-refractivity contribution in [2.45, 2.75) is 386 Å². The second-order valence-electron chi connectivity index (χ2n) is 23.5. The lowest BCUT2D eigenvalue weighted by atomic mass is 10.0. The van der Waals surface area contributed by atoms with Crippen LogP contribution in [0.3, 0.4) is 0 Å². The highest BCUT2D eigenvalue weighted by atomic mass is 16.5. The lowest BCUT2D eigenvalue weighted by Crippen LogP contribution is -2.45. The van der Waals surface area contributed by atoms with Crippen LogP contribution < -0.4 is 5.32 Å². The molecule has 0 aliphatic heterocycles. The van der Waals surface area contributed by atoms with E-state index in [4.69, 9.17) is 4.74 Å². The number of hydrogen-bond donors (Lipinski definition) is 3. The van der Waals surface area contributed by atoms with Crippen molar-refractivity contribution in [1.29, 1.82) is 0 Å². The van der Waals surface area contributed by atoms with Gasteiger partial charge in [0.15, 0.2) is 0 Å². The Bertz CT molecular complexity index is 1230. The Morgan fingerprint density at radius 3 is 0.934 bits per heavy atom. The van der Waals surface area contributed by atoms with Gasteiger partial charge in [-0.1, -0.05) is 314 Å². The molecule has 0 spiro atoms. The molecule has 0 aromatic heterocycles. The molecule has 0 saturated heterocycles. The number of hydrogen-bond acceptors (Lipinski definition) is 5. The number of allylic oxidation sites excluding steroid dienone is 5. The largest absolute Gasteiger partial charge is 0.466 e. The predicted molar refractivity (Wildman–Crippen MR) is 333 cm³/mol. The monoisotopic (exact) mass is 1070 g/mol. The smallest absolute Gasteiger partial charge is 0.305 e. The van der Waals surface area contributed by atoms with Crippen LogP contribution in [-0.4, -0.2) is 47.4 Å². The zero-order valence-electron chi connectivity index (χ0n) is 51.3. The molecule has 6 heteroatoms. The molecule has 76 heavy (non-hydrogen) atoms. The number of rotatable bonds is 64. The normalized spacial score (nSPS) is 12.7. The maximum atomic E-state index is 12.5. The Morgan fingerprint density at radius 2 is 0.618 bits per heavy atom. The molecule has 0 aliphatic rings. The number of nitrogens with one attached hydrogen (secondary N) is 1. The molecule has 3 N–H and O–H groups in total. The van der Waals surface area contributed by atoms with Gasteiger partial charge in [-0.3, -0.25) is 9.59 Å². The van der Waals surface area contributed by atoms with Gasteiger partial charge in [0.25, 0.3) is 0 Å². The Balaban J connectivity index is 3.45. The summed E-state index contributed by atoms with van der Waals surface area (Å²) in [6.45, 7) is 4.92. The van der Waals surface area contributed by atoms with Gasteiger partial charge < -0.3 is 20.3 Å². The number of amides is 1. The van der Waals surface area contributed by atoms with Crippen molar-refractivity contribution in [1.82, 2.24) is 5.32 Å². The standard InChI is InChI=1S/C70H133NO5/c1-3-5-7-9-11-13-15-17-19-20-21-22-25-28-31-35-38-42-46-50-54-58-62-68(73)67(66-72)71-69(74)63-59-55-51-47-43-39-36-32-29-26-23-24-27-30-33-37-41-45-49-53-57-61-65-76-70(75)64-60-56-52-48-44-40-34-18-16-14-12-10-8-6-4-2/h18,26,29,34,58,62,67-68,72-73H,3-17,19-25,27-28,30-33,35-57,59-61,63-66H2,1-2H3,(H,71,74)/b29-26-,34-18-,62-58+. The summed E-state index contributed by atoms with van der Waals surface area (Å²) in [6.07, 6.45) is 83.5. The van der Waals surface area contributed by atoms with E-state index in [2.05, 4.69) is 43.5 Å². The first kappa shape index (κ1) is 74.1. The van der Waals surface area contributed by atoms with E-state index < -0.39 is 12.1 Å². The van der Waals surface area contributed by atoms with E-state index in [0.717, 1.165) is 51.4 Å². The van der Waals surface area contributed by atoms with E-state index in [1.165, 1.54) is 295 Å². The van der Waals surface area contributed by atoms with Crippen LogP contribution in [0.4, 0.5) is 0 Å². The minimum atomic E-state index is -0.850. The average molecular weight is 1070 g/mol. The predicted octanol–water partition coefficient (Wildman–Crippen LogP) is 21.9. The number of aliphatic hydroxyl groups excluding tert-OH is 2. The van der Waals surface area contributed by atoms with Crippen LogP contribution in [0.5, 0.6) is 0 Å². The maximum Gasteiger partial charge on any atom is 0.305 e. The molecule has 2 atom stereocenters. The summed E-state index contributed by atoms with van der Waals surface area (Å²) < 4.78 is 5.48. The molecular weight excluding hydrogens is 935 g/mol. The highest BCUT2D eigenvalue weighted by molar-refractivity contribution is 5.76. The van der Waals surface area contributed by atoms with Crippen LogP contribution in [0, 0.1) is 0 Å². The highest BCUT2D eigenvalue weighted by Gasteiger charge is 2.18. The molecule has 0 heterocycles. The fourth-order valence-electron chi connectivity index (χ4n) is 10.6. The van der Waals surface area contributed by atoms with Crippen LogP contribution >= 0.6 is 0 Å². The zero-order chi connectivity index (χ0) is 55.0. The molecule has 448 valence electrons. The molecular formula is C70H133NO5. The minimum absolute atomic E-state index is 0.00191. The minimum Gasteiger partial charge on any atom is -0.466 e. The fourth-order valence-corrected chi connectivity index (χ4v) is 10.6. The van der Waals surface area contributed by atoms with Gasteiger partial charge in [0, 0.05) is 12.8 Å². The first-order valence-electron chi connectivity index (χ1n) is 34.3.